The molecule has 0 aliphatic heterocycles. The molecule has 3 aromatic rings. The Morgan fingerprint density at radius 1 is 1.18 bits per heavy atom. The summed E-state index contributed by atoms with van der Waals surface area (Å²) in [5, 5.41) is 6.81. The molecule has 0 saturated heterocycles. The second-order valence-electron chi connectivity index (χ2n) is 6.18. The second kappa shape index (κ2) is 8.47. The van der Waals surface area contributed by atoms with Gasteiger partial charge in [-0.2, -0.15) is 0 Å². The smallest absolute Gasteiger partial charge is 0.350 e. The maximum absolute atomic E-state index is 12.9. The first-order valence-corrected chi connectivity index (χ1v) is 8.81. The number of hydrogen-bond donors (Lipinski definition) is 1. The van der Waals surface area contributed by atoms with Gasteiger partial charge in [-0.3, -0.25) is 14.0 Å². The third-order valence-electron chi connectivity index (χ3n) is 4.25. The molecule has 2 aromatic heterocycles. The number of benzene rings is 1. The average molecular weight is 385 g/mol. The fourth-order valence-electron chi connectivity index (χ4n) is 2.71. The van der Waals surface area contributed by atoms with E-state index in [1.807, 2.05) is 0 Å². The Morgan fingerprint density at radius 3 is 2.61 bits per heavy atom. The van der Waals surface area contributed by atoms with Crippen molar-refractivity contribution in [3.8, 4) is 0 Å². The highest BCUT2D eigenvalue weighted by Gasteiger charge is 2.18. The van der Waals surface area contributed by atoms with Crippen molar-refractivity contribution >= 4 is 17.5 Å². The molecule has 0 aliphatic carbocycles. The van der Waals surface area contributed by atoms with Crippen molar-refractivity contribution < 1.29 is 14.0 Å². The van der Waals surface area contributed by atoms with Crippen LogP contribution in [-0.2, 0) is 22.7 Å². The van der Waals surface area contributed by atoms with Crippen LogP contribution in [0.3, 0.4) is 0 Å². The number of halogens is 1. The van der Waals surface area contributed by atoms with Crippen molar-refractivity contribution in [2.24, 2.45) is 0 Å². The minimum Gasteiger partial charge on any atom is -0.350 e. The van der Waals surface area contributed by atoms with Gasteiger partial charge in [0, 0.05) is 19.3 Å². The number of carbonyl (C=O) groups is 2. The molecule has 8 nitrogen and oxygen atoms in total. The summed E-state index contributed by atoms with van der Waals surface area (Å²) < 4.78 is 15.3. The first-order valence-electron chi connectivity index (χ1n) is 8.81. The van der Waals surface area contributed by atoms with Crippen LogP contribution in [0.5, 0.6) is 0 Å². The van der Waals surface area contributed by atoms with E-state index in [1.54, 1.807) is 43.5 Å². The zero-order chi connectivity index (χ0) is 20.1. The number of nitrogens with zero attached hydrogens (tertiary/aromatic N) is 4. The van der Waals surface area contributed by atoms with Crippen LogP contribution in [-0.4, -0.2) is 44.0 Å². The normalized spacial score (nSPS) is 10.8. The molecule has 0 atom stereocenters. The Morgan fingerprint density at radius 2 is 1.93 bits per heavy atom. The number of amides is 2. The molecule has 0 radical (unpaired) electrons. The van der Waals surface area contributed by atoms with Gasteiger partial charge in [0.1, 0.15) is 12.4 Å². The highest BCUT2D eigenvalue weighted by atomic mass is 19.1. The number of rotatable bonds is 7. The molecule has 0 aliphatic rings. The van der Waals surface area contributed by atoms with E-state index in [4.69, 9.17) is 0 Å². The van der Waals surface area contributed by atoms with Crippen LogP contribution in [0.1, 0.15) is 12.5 Å². The fourth-order valence-corrected chi connectivity index (χ4v) is 2.71. The standard InChI is InChI=1S/C19H20FN5O3/c1-2-23(12-17(26)21-11-14-6-8-15(20)9-7-14)18(27)13-25-19(28)24-10-4-3-5-16(24)22-25/h3-10H,2,11-13H2,1H3,(H,21,26). The molecule has 1 aromatic carbocycles. The van der Waals surface area contributed by atoms with Gasteiger partial charge in [0.05, 0.1) is 6.54 Å². The van der Waals surface area contributed by atoms with Gasteiger partial charge in [-0.15, -0.1) is 5.10 Å². The molecule has 0 bridgehead atoms. The molecule has 2 amide bonds. The predicted octanol–water partition coefficient (Wildman–Crippen LogP) is 0.800. The molecule has 0 unspecified atom stereocenters. The van der Waals surface area contributed by atoms with Crippen molar-refractivity contribution in [3.05, 3.63) is 70.5 Å². The fraction of sp³-hybridized carbons (Fsp3) is 0.263. The number of pyridine rings is 1. The molecule has 3 rings (SSSR count). The number of fused-ring (bicyclic) bond motifs is 1. The van der Waals surface area contributed by atoms with E-state index in [1.165, 1.54) is 21.4 Å². The first-order chi connectivity index (χ1) is 13.5. The molecule has 146 valence electrons. The summed E-state index contributed by atoms with van der Waals surface area (Å²) in [5.41, 5.74) is 0.779. The highest BCUT2D eigenvalue weighted by Crippen LogP contribution is 2.02. The van der Waals surface area contributed by atoms with E-state index < -0.39 is 5.69 Å². The summed E-state index contributed by atoms with van der Waals surface area (Å²) in [6.45, 7) is 1.90. The largest absolute Gasteiger partial charge is 0.350 e. The van der Waals surface area contributed by atoms with E-state index in [-0.39, 0.29) is 37.3 Å². The zero-order valence-electron chi connectivity index (χ0n) is 15.3. The van der Waals surface area contributed by atoms with Crippen LogP contribution in [0.2, 0.25) is 0 Å². The number of likely N-dealkylation sites (N-methyl/N-ethyl adjacent to an activating group) is 1. The van der Waals surface area contributed by atoms with Gasteiger partial charge in [0.2, 0.25) is 11.8 Å². The molecule has 28 heavy (non-hydrogen) atoms. The maximum atomic E-state index is 12.9. The molecule has 1 N–H and O–H groups in total. The molecule has 0 spiro atoms. The monoisotopic (exact) mass is 385 g/mol. The van der Waals surface area contributed by atoms with Crippen LogP contribution in [0, 0.1) is 5.82 Å². The summed E-state index contributed by atoms with van der Waals surface area (Å²) >= 11 is 0. The number of nitrogens with one attached hydrogen (secondary N) is 1. The van der Waals surface area contributed by atoms with Crippen LogP contribution in [0.4, 0.5) is 4.39 Å². The Hall–Kier alpha value is -3.49. The first kappa shape index (κ1) is 19.3. The highest BCUT2D eigenvalue weighted by molar-refractivity contribution is 5.84. The second-order valence-corrected chi connectivity index (χ2v) is 6.18. The van der Waals surface area contributed by atoms with Crippen molar-refractivity contribution in [1.82, 2.24) is 24.4 Å². The van der Waals surface area contributed by atoms with E-state index in [2.05, 4.69) is 10.4 Å². The van der Waals surface area contributed by atoms with Crippen molar-refractivity contribution in [2.75, 3.05) is 13.1 Å². The Balaban J connectivity index is 1.59. The lowest BCUT2D eigenvalue weighted by molar-refractivity contribution is -0.136. The zero-order valence-corrected chi connectivity index (χ0v) is 15.3. The summed E-state index contributed by atoms with van der Waals surface area (Å²) in [6.07, 6.45) is 1.58. The van der Waals surface area contributed by atoms with Gasteiger partial charge in [-0.1, -0.05) is 18.2 Å². The van der Waals surface area contributed by atoms with Crippen LogP contribution >= 0.6 is 0 Å². The number of hydrogen-bond acceptors (Lipinski definition) is 4. The SMILES string of the molecule is CCN(CC(=O)NCc1ccc(F)cc1)C(=O)Cn1nc2ccccn2c1=O. The molecule has 9 heteroatoms. The summed E-state index contributed by atoms with van der Waals surface area (Å²) in [4.78, 5) is 38.3. The van der Waals surface area contributed by atoms with E-state index in [0.717, 1.165) is 10.2 Å². The molecular formula is C19H20FN5O3. The van der Waals surface area contributed by atoms with Crippen molar-refractivity contribution in [1.29, 1.82) is 0 Å². The Bertz CT molecular complexity index is 1040. The van der Waals surface area contributed by atoms with Crippen LogP contribution < -0.4 is 11.0 Å². The topological polar surface area (TPSA) is 88.7 Å². The summed E-state index contributed by atoms with van der Waals surface area (Å²) in [6, 6.07) is 10.9. The minimum atomic E-state index is -0.416. The number of aromatic nitrogens is 3. The van der Waals surface area contributed by atoms with Crippen molar-refractivity contribution in [2.45, 2.75) is 20.0 Å². The van der Waals surface area contributed by atoms with E-state index in [9.17, 15) is 18.8 Å². The van der Waals surface area contributed by atoms with Gasteiger partial charge in [0.25, 0.3) is 0 Å². The molecule has 0 fully saturated rings. The lowest BCUT2D eigenvalue weighted by atomic mass is 10.2. The summed E-state index contributed by atoms with van der Waals surface area (Å²) in [7, 11) is 0. The van der Waals surface area contributed by atoms with Gasteiger partial charge in [-0.25, -0.2) is 13.9 Å². The molecule has 2 heterocycles. The van der Waals surface area contributed by atoms with E-state index >= 15 is 0 Å². The summed E-state index contributed by atoms with van der Waals surface area (Å²) in [5.74, 6) is -1.08. The molecular weight excluding hydrogens is 365 g/mol. The number of carbonyl (C=O) groups excluding carboxylic acids is 2. The van der Waals surface area contributed by atoms with E-state index in [0.29, 0.717) is 12.2 Å². The van der Waals surface area contributed by atoms with Gasteiger partial charge in [0.15, 0.2) is 5.65 Å². The lowest BCUT2D eigenvalue weighted by Gasteiger charge is -2.20. The van der Waals surface area contributed by atoms with Crippen molar-refractivity contribution in [3.63, 3.8) is 0 Å². The third-order valence-corrected chi connectivity index (χ3v) is 4.25. The minimum absolute atomic E-state index is 0.140. The third kappa shape index (κ3) is 4.43. The van der Waals surface area contributed by atoms with Crippen LogP contribution in [0.25, 0.3) is 5.65 Å². The maximum Gasteiger partial charge on any atom is 0.350 e. The van der Waals surface area contributed by atoms with Gasteiger partial charge < -0.3 is 10.2 Å². The average Bonchev–Trinajstić information content (AvgIpc) is 3.01. The molecule has 0 saturated carbocycles. The van der Waals surface area contributed by atoms with Gasteiger partial charge in [-0.05, 0) is 36.8 Å². The van der Waals surface area contributed by atoms with Gasteiger partial charge >= 0.3 is 5.69 Å². The Labute approximate surface area is 160 Å². The van der Waals surface area contributed by atoms with Crippen LogP contribution in [0.15, 0.2) is 53.5 Å². The Kier molecular flexibility index (Phi) is 5.83. The quantitative estimate of drug-likeness (QED) is 0.652. The lowest BCUT2D eigenvalue weighted by Crippen LogP contribution is -2.43. The predicted molar refractivity (Wildman–Crippen MR) is 100.0 cm³/mol.